The summed E-state index contributed by atoms with van der Waals surface area (Å²) in [5.41, 5.74) is -0.578. The average molecular weight is 423 g/mol. The summed E-state index contributed by atoms with van der Waals surface area (Å²) in [7, 11) is 2.38. The quantitative estimate of drug-likeness (QED) is 0.541. The molecule has 0 unspecified atom stereocenters. The van der Waals surface area contributed by atoms with E-state index in [1.807, 2.05) is 0 Å². The second kappa shape index (κ2) is 7.82. The van der Waals surface area contributed by atoms with Crippen LogP contribution in [-0.4, -0.2) is 61.0 Å². The third-order valence-corrected chi connectivity index (χ3v) is 6.35. The first-order valence-corrected chi connectivity index (χ1v) is 9.79. The number of ether oxygens (including phenoxy) is 2. The van der Waals surface area contributed by atoms with Gasteiger partial charge in [0.1, 0.15) is 22.0 Å². The molecule has 2 aliphatic rings. The van der Waals surface area contributed by atoms with E-state index < -0.39 is 41.9 Å². The molecule has 2 fully saturated rings. The van der Waals surface area contributed by atoms with E-state index in [1.165, 1.54) is 21.1 Å². The molecule has 1 spiro atoms. The minimum Gasteiger partial charge on any atom is -0.465 e. The monoisotopic (exact) mass is 423 g/mol. The number of rotatable bonds is 5. The molecule has 0 aromatic carbocycles. The zero-order valence-electron chi connectivity index (χ0n) is 16.2. The first-order chi connectivity index (χ1) is 13.7. The highest BCUT2D eigenvalue weighted by Crippen LogP contribution is 2.36. The summed E-state index contributed by atoms with van der Waals surface area (Å²) in [6.45, 7) is 1.03. The molecule has 1 aromatic rings. The summed E-state index contributed by atoms with van der Waals surface area (Å²) in [6.07, 6.45) is 2.77. The van der Waals surface area contributed by atoms with Gasteiger partial charge in [0, 0.05) is 0 Å². The molecule has 11 heteroatoms. The number of carbonyl (C=O) groups excluding carboxylic acids is 5. The fraction of sp³-hybridized carbons (Fsp3) is 0.500. The Morgan fingerprint density at radius 3 is 2.34 bits per heavy atom. The van der Waals surface area contributed by atoms with Crippen molar-refractivity contribution >= 4 is 46.1 Å². The Bertz CT molecular complexity index is 902. The highest BCUT2D eigenvalue weighted by Gasteiger charge is 2.52. The molecular formula is C18H21N3O7S. The largest absolute Gasteiger partial charge is 0.465 e. The van der Waals surface area contributed by atoms with Crippen LogP contribution in [0.2, 0.25) is 0 Å². The van der Waals surface area contributed by atoms with Gasteiger partial charge in [0.05, 0.1) is 19.8 Å². The van der Waals surface area contributed by atoms with Gasteiger partial charge < -0.3 is 20.1 Å². The number of carbonyl (C=O) groups is 5. The molecule has 3 rings (SSSR count). The van der Waals surface area contributed by atoms with Crippen LogP contribution in [0.25, 0.3) is 0 Å². The van der Waals surface area contributed by atoms with Crippen molar-refractivity contribution in [3.05, 3.63) is 16.0 Å². The van der Waals surface area contributed by atoms with Crippen molar-refractivity contribution in [2.75, 3.05) is 26.1 Å². The second-order valence-corrected chi connectivity index (χ2v) is 7.92. The van der Waals surface area contributed by atoms with Crippen LogP contribution in [0.15, 0.2) is 0 Å². The van der Waals surface area contributed by atoms with Gasteiger partial charge in [0.25, 0.3) is 5.91 Å². The summed E-state index contributed by atoms with van der Waals surface area (Å²) in [4.78, 5) is 62.5. The van der Waals surface area contributed by atoms with Crippen molar-refractivity contribution in [2.24, 2.45) is 0 Å². The molecule has 4 amide bonds. The van der Waals surface area contributed by atoms with Crippen LogP contribution >= 0.6 is 11.3 Å². The third-order valence-electron chi connectivity index (χ3n) is 5.16. The fourth-order valence-electron chi connectivity index (χ4n) is 3.68. The molecule has 0 atom stereocenters. The SMILES string of the molecule is COC(=O)c1sc(NC(=O)CN2C(=O)NC3(CCCC3)C2=O)c(C(=O)OC)c1C. The molecule has 156 valence electrons. The van der Waals surface area contributed by atoms with E-state index in [0.29, 0.717) is 18.4 Å². The normalized spacial score (nSPS) is 17.4. The topological polar surface area (TPSA) is 131 Å². The van der Waals surface area contributed by atoms with Crippen LogP contribution in [0.4, 0.5) is 9.80 Å². The lowest BCUT2D eigenvalue weighted by Crippen LogP contribution is -2.44. The van der Waals surface area contributed by atoms with Crippen molar-refractivity contribution in [3.8, 4) is 0 Å². The lowest BCUT2D eigenvalue weighted by Gasteiger charge is -2.19. The van der Waals surface area contributed by atoms with E-state index in [2.05, 4.69) is 10.6 Å². The summed E-state index contributed by atoms with van der Waals surface area (Å²) in [5, 5.41) is 5.29. The number of hydrogen-bond donors (Lipinski definition) is 2. The van der Waals surface area contributed by atoms with E-state index >= 15 is 0 Å². The zero-order chi connectivity index (χ0) is 21.3. The molecular weight excluding hydrogens is 402 g/mol. The number of thiophene rings is 1. The molecule has 10 nitrogen and oxygen atoms in total. The number of nitrogens with zero attached hydrogens (tertiary/aromatic N) is 1. The first-order valence-electron chi connectivity index (χ1n) is 8.98. The Morgan fingerprint density at radius 1 is 1.14 bits per heavy atom. The fourth-order valence-corrected chi connectivity index (χ4v) is 4.81. The summed E-state index contributed by atoms with van der Waals surface area (Å²) in [6, 6.07) is -0.613. The Hall–Kier alpha value is -2.95. The van der Waals surface area contributed by atoms with Gasteiger partial charge in [-0.1, -0.05) is 12.8 Å². The molecule has 2 N–H and O–H groups in total. The van der Waals surface area contributed by atoms with Gasteiger partial charge in [0.2, 0.25) is 5.91 Å². The molecule has 1 saturated carbocycles. The Morgan fingerprint density at radius 2 is 1.76 bits per heavy atom. The van der Waals surface area contributed by atoms with E-state index in [-0.39, 0.29) is 15.4 Å². The van der Waals surface area contributed by atoms with Gasteiger partial charge in [-0.2, -0.15) is 0 Å². The predicted molar refractivity (Wildman–Crippen MR) is 102 cm³/mol. The van der Waals surface area contributed by atoms with E-state index in [9.17, 15) is 24.0 Å². The second-order valence-electron chi connectivity index (χ2n) is 6.90. The Labute approximate surface area is 170 Å². The smallest absolute Gasteiger partial charge is 0.348 e. The van der Waals surface area contributed by atoms with Crippen LogP contribution in [-0.2, 0) is 19.1 Å². The minimum absolute atomic E-state index is 0.0238. The Kier molecular flexibility index (Phi) is 5.60. The van der Waals surface area contributed by atoms with Crippen LogP contribution in [0.1, 0.15) is 51.3 Å². The maximum Gasteiger partial charge on any atom is 0.348 e. The average Bonchev–Trinajstić information content (AvgIpc) is 3.35. The number of esters is 2. The van der Waals surface area contributed by atoms with Gasteiger partial charge in [-0.3, -0.25) is 14.5 Å². The maximum atomic E-state index is 12.7. The lowest BCUT2D eigenvalue weighted by molar-refractivity contribution is -0.133. The van der Waals surface area contributed by atoms with Crippen molar-refractivity contribution in [2.45, 2.75) is 38.1 Å². The maximum absolute atomic E-state index is 12.7. The van der Waals surface area contributed by atoms with Crippen LogP contribution in [0, 0.1) is 6.92 Å². The molecule has 1 aliphatic carbocycles. The van der Waals surface area contributed by atoms with Crippen molar-refractivity contribution < 1.29 is 33.4 Å². The molecule has 0 radical (unpaired) electrons. The van der Waals surface area contributed by atoms with E-state index in [4.69, 9.17) is 9.47 Å². The van der Waals surface area contributed by atoms with Crippen LogP contribution in [0.3, 0.4) is 0 Å². The van der Waals surface area contributed by atoms with Crippen molar-refractivity contribution in [1.29, 1.82) is 0 Å². The molecule has 0 bridgehead atoms. The van der Waals surface area contributed by atoms with Gasteiger partial charge in [-0.05, 0) is 25.3 Å². The van der Waals surface area contributed by atoms with Gasteiger partial charge in [-0.25, -0.2) is 14.4 Å². The van der Waals surface area contributed by atoms with Crippen molar-refractivity contribution in [1.82, 2.24) is 10.2 Å². The van der Waals surface area contributed by atoms with Crippen LogP contribution in [0.5, 0.6) is 0 Å². The molecule has 2 heterocycles. The zero-order valence-corrected chi connectivity index (χ0v) is 17.1. The van der Waals surface area contributed by atoms with Gasteiger partial charge in [-0.15, -0.1) is 11.3 Å². The van der Waals surface area contributed by atoms with Crippen LogP contribution < -0.4 is 10.6 Å². The number of imide groups is 1. The standard InChI is InChI=1S/C18H21N3O7S/c1-9-11(14(23)27-2)13(29-12(9)15(24)28-3)19-10(22)8-21-16(25)18(20-17(21)26)6-4-5-7-18/h4-8H2,1-3H3,(H,19,22)(H,20,26). The molecule has 1 aliphatic heterocycles. The summed E-state index contributed by atoms with van der Waals surface area (Å²) < 4.78 is 9.43. The molecule has 29 heavy (non-hydrogen) atoms. The van der Waals surface area contributed by atoms with Crippen molar-refractivity contribution in [3.63, 3.8) is 0 Å². The van der Waals surface area contributed by atoms with Gasteiger partial charge >= 0.3 is 18.0 Å². The molecule has 1 aromatic heterocycles. The Balaban J connectivity index is 1.80. The van der Waals surface area contributed by atoms with E-state index in [0.717, 1.165) is 29.1 Å². The lowest BCUT2D eigenvalue weighted by atomic mass is 9.98. The number of hydrogen-bond acceptors (Lipinski definition) is 8. The third kappa shape index (κ3) is 3.57. The number of anilines is 1. The number of nitrogens with one attached hydrogen (secondary N) is 2. The van der Waals surface area contributed by atoms with E-state index in [1.54, 1.807) is 0 Å². The summed E-state index contributed by atoms with van der Waals surface area (Å²) in [5.74, 6) is -2.48. The number of amides is 4. The minimum atomic E-state index is -0.911. The molecule has 1 saturated heterocycles. The first kappa shape index (κ1) is 20.8. The highest BCUT2D eigenvalue weighted by atomic mass is 32.1. The highest BCUT2D eigenvalue weighted by molar-refractivity contribution is 7.18. The number of urea groups is 1. The van der Waals surface area contributed by atoms with Gasteiger partial charge in [0.15, 0.2) is 0 Å². The predicted octanol–water partition coefficient (Wildman–Crippen LogP) is 1.43. The summed E-state index contributed by atoms with van der Waals surface area (Å²) >= 11 is 0.858. The number of methoxy groups -OCH3 is 2.